The van der Waals surface area contributed by atoms with Crippen LogP contribution in [0.15, 0.2) is 29.2 Å². The van der Waals surface area contributed by atoms with E-state index in [1.807, 2.05) is 0 Å². The van der Waals surface area contributed by atoms with Crippen LogP contribution >= 0.6 is 10.3 Å². The number of halogens is 17. The molecule has 0 saturated carbocycles. The van der Waals surface area contributed by atoms with Crippen molar-refractivity contribution in [1.29, 1.82) is 0 Å². The second kappa shape index (κ2) is 11.5. The van der Waals surface area contributed by atoms with Crippen molar-refractivity contribution in [3.8, 4) is 5.75 Å². The van der Waals surface area contributed by atoms with Crippen LogP contribution in [0, 0.1) is 0 Å². The van der Waals surface area contributed by atoms with Gasteiger partial charge in [-0.05, 0) is 43.2 Å². The topological polar surface area (TPSA) is 52.6 Å². The molecule has 0 saturated heterocycles. The third kappa shape index (κ3) is 6.17. The van der Waals surface area contributed by atoms with E-state index in [0.29, 0.717) is 25.4 Å². The molecule has 0 bridgehead atoms. The van der Waals surface area contributed by atoms with Crippen LogP contribution in [0.4, 0.5) is 74.6 Å². The highest BCUT2D eigenvalue weighted by Gasteiger charge is 2.96. The molecule has 254 valence electrons. The lowest BCUT2D eigenvalue weighted by atomic mass is 9.91. The van der Waals surface area contributed by atoms with Crippen LogP contribution in [-0.2, 0) is 13.7 Å². The summed E-state index contributed by atoms with van der Waals surface area (Å²) in [5.41, 5.74) is 0. The molecule has 0 radical (unpaired) electrons. The van der Waals surface area contributed by atoms with Crippen molar-refractivity contribution in [2.45, 2.75) is 71.6 Å². The maximum atomic E-state index is 14.4. The second-order valence-electron chi connectivity index (χ2n) is 8.89. The monoisotopic (exact) mass is 710 g/mol. The molecule has 0 fully saturated rings. The van der Waals surface area contributed by atoms with Gasteiger partial charge in [0.2, 0.25) is 0 Å². The number of ether oxygens (including phenoxy) is 1. The predicted octanol–water partition coefficient (Wildman–Crippen LogP) is 8.52. The minimum absolute atomic E-state index is 0.0859. The van der Waals surface area contributed by atoms with E-state index in [2.05, 4.69) is 3.63 Å². The molecule has 0 aliphatic heterocycles. The van der Waals surface area contributed by atoms with Crippen LogP contribution in [0.3, 0.4) is 0 Å². The molecule has 1 aromatic rings. The molecular weight excluding hydrogens is 691 g/mol. The van der Waals surface area contributed by atoms with Crippen LogP contribution in [0.5, 0.6) is 5.75 Å². The van der Waals surface area contributed by atoms with Gasteiger partial charge in [0, 0.05) is 4.90 Å². The van der Waals surface area contributed by atoms with E-state index >= 15 is 0 Å². The summed E-state index contributed by atoms with van der Waals surface area (Å²) in [6.45, 7) is 1.95. The van der Waals surface area contributed by atoms with E-state index in [1.165, 1.54) is 0 Å². The van der Waals surface area contributed by atoms with Crippen LogP contribution in [-0.4, -0.2) is 74.5 Å². The highest BCUT2D eigenvalue weighted by molar-refractivity contribution is 8.32. The second-order valence-corrected chi connectivity index (χ2v) is 13.8. The van der Waals surface area contributed by atoms with Gasteiger partial charge >= 0.3 is 57.1 Å². The van der Waals surface area contributed by atoms with E-state index in [1.54, 1.807) is 6.92 Å². The number of rotatable bonds is 14. The van der Waals surface area contributed by atoms with Gasteiger partial charge in [0.05, 0.1) is 6.61 Å². The summed E-state index contributed by atoms with van der Waals surface area (Å²) in [5, 5.41) is -7.74. The molecule has 0 atom stereocenters. The lowest BCUT2D eigenvalue weighted by Crippen LogP contribution is -2.75. The molecule has 0 spiro atoms. The first-order valence-electron chi connectivity index (χ1n) is 10.9. The standard InChI is InChI=1S/C20H19F17O4S2/c1-4-5-10-40-11-6-8-12(9-7-11)42(2,3)41-43(38,39)20(36,37)18(31,32)16(27,28)14(23,24)13(21,22)15(25,26)17(29,30)19(33,34)35/h6-9H,4-5,10H2,1-3H3. The van der Waals surface area contributed by atoms with Crippen LogP contribution in [0.2, 0.25) is 0 Å². The summed E-state index contributed by atoms with van der Waals surface area (Å²) < 4.78 is 262. The summed E-state index contributed by atoms with van der Waals surface area (Å²) in [5.74, 6) is -51.9. The number of hydrogen-bond acceptors (Lipinski definition) is 4. The van der Waals surface area contributed by atoms with Gasteiger partial charge in [-0.25, -0.2) is 3.63 Å². The van der Waals surface area contributed by atoms with E-state index in [0.717, 1.165) is 24.3 Å². The Morgan fingerprint density at radius 1 is 0.605 bits per heavy atom. The van der Waals surface area contributed by atoms with Crippen molar-refractivity contribution < 1.29 is 91.4 Å². The van der Waals surface area contributed by atoms with Crippen molar-refractivity contribution in [3.63, 3.8) is 0 Å². The van der Waals surface area contributed by atoms with E-state index in [4.69, 9.17) is 4.74 Å². The normalized spacial score (nSPS) is 15.9. The van der Waals surface area contributed by atoms with E-state index in [9.17, 15) is 83.1 Å². The molecular formula is C20H19F17O4S2. The summed E-state index contributed by atoms with van der Waals surface area (Å²) >= 11 is 0. The third-order valence-electron chi connectivity index (χ3n) is 5.42. The Hall–Kier alpha value is -1.91. The average molecular weight is 710 g/mol. The number of hydrogen-bond donors (Lipinski definition) is 0. The van der Waals surface area contributed by atoms with Crippen LogP contribution in [0.25, 0.3) is 0 Å². The van der Waals surface area contributed by atoms with Crippen molar-refractivity contribution in [2.24, 2.45) is 0 Å². The number of benzene rings is 1. The highest BCUT2D eigenvalue weighted by atomic mass is 32.3. The molecule has 0 N–H and O–H groups in total. The van der Waals surface area contributed by atoms with Gasteiger partial charge in [0.15, 0.2) is 0 Å². The summed E-state index contributed by atoms with van der Waals surface area (Å²) in [7, 11) is -11.5. The Labute approximate surface area is 233 Å². The molecule has 43 heavy (non-hydrogen) atoms. The molecule has 0 amide bonds. The van der Waals surface area contributed by atoms with Gasteiger partial charge in [-0.15, -0.1) is 0 Å². The smallest absolute Gasteiger partial charge is 0.460 e. The average Bonchev–Trinajstić information content (AvgIpc) is 2.82. The molecule has 23 heteroatoms. The van der Waals surface area contributed by atoms with Crippen LogP contribution in [0.1, 0.15) is 19.8 Å². The van der Waals surface area contributed by atoms with Crippen molar-refractivity contribution in [3.05, 3.63) is 24.3 Å². The Kier molecular flexibility index (Phi) is 10.4. The van der Waals surface area contributed by atoms with Crippen molar-refractivity contribution in [2.75, 3.05) is 19.1 Å². The SMILES string of the molecule is CCCCOc1ccc(S(C)(C)OS(=O)(=O)C(F)(F)C(F)(F)C(F)(F)C(F)(F)C(F)(F)C(F)(F)C(F)(F)C(F)(F)F)cc1. The molecule has 4 nitrogen and oxygen atoms in total. The van der Waals surface area contributed by atoms with Gasteiger partial charge in [0.25, 0.3) is 0 Å². The first-order valence-corrected chi connectivity index (χ1v) is 14.7. The van der Waals surface area contributed by atoms with E-state index < -0.39 is 72.3 Å². The van der Waals surface area contributed by atoms with E-state index in [-0.39, 0.29) is 12.4 Å². The molecule has 0 aliphatic carbocycles. The molecule has 0 unspecified atom stereocenters. The van der Waals surface area contributed by atoms with Gasteiger partial charge < -0.3 is 4.74 Å². The molecule has 0 heterocycles. The van der Waals surface area contributed by atoms with Gasteiger partial charge in [-0.3, -0.25) is 0 Å². The zero-order valence-corrected chi connectivity index (χ0v) is 22.9. The first kappa shape index (κ1) is 39.1. The Bertz CT molecular complexity index is 1230. The Morgan fingerprint density at radius 3 is 1.35 bits per heavy atom. The minimum Gasteiger partial charge on any atom is -0.494 e. The fraction of sp³-hybridized carbons (Fsp3) is 0.700. The fourth-order valence-corrected chi connectivity index (χ4v) is 6.49. The maximum Gasteiger partial charge on any atom is 0.460 e. The number of alkyl halides is 17. The Morgan fingerprint density at radius 2 is 0.977 bits per heavy atom. The predicted molar refractivity (Wildman–Crippen MR) is 115 cm³/mol. The maximum absolute atomic E-state index is 14.4. The summed E-state index contributed by atoms with van der Waals surface area (Å²) in [6.07, 6.45) is -5.48. The third-order valence-corrected chi connectivity index (χ3v) is 9.79. The largest absolute Gasteiger partial charge is 0.494 e. The molecule has 0 aromatic heterocycles. The zero-order chi connectivity index (χ0) is 34.5. The summed E-state index contributed by atoms with van der Waals surface area (Å²) in [4.78, 5) is -0.448. The zero-order valence-electron chi connectivity index (χ0n) is 21.3. The lowest BCUT2D eigenvalue weighted by Gasteiger charge is -2.42. The van der Waals surface area contributed by atoms with Gasteiger partial charge in [-0.2, -0.15) is 83.1 Å². The minimum atomic E-state index is -8.91. The molecule has 0 aliphatic rings. The van der Waals surface area contributed by atoms with Gasteiger partial charge in [-0.1, -0.05) is 23.7 Å². The first-order chi connectivity index (χ1) is 18.7. The fourth-order valence-electron chi connectivity index (χ4n) is 2.81. The Balaban J connectivity index is 3.57. The van der Waals surface area contributed by atoms with Crippen LogP contribution < -0.4 is 4.74 Å². The lowest BCUT2D eigenvalue weighted by molar-refractivity contribution is -0.458. The van der Waals surface area contributed by atoms with Gasteiger partial charge in [0.1, 0.15) is 5.75 Å². The molecule has 1 rings (SSSR count). The molecule has 1 aromatic carbocycles. The van der Waals surface area contributed by atoms with Crippen molar-refractivity contribution in [1.82, 2.24) is 0 Å². The quantitative estimate of drug-likeness (QED) is 0.144. The summed E-state index contributed by atoms with van der Waals surface area (Å²) in [6, 6.07) is 3.93. The van der Waals surface area contributed by atoms with Crippen molar-refractivity contribution >= 4 is 20.4 Å². The number of unbranched alkanes of at least 4 members (excludes halogenated alkanes) is 1. The highest BCUT2D eigenvalue weighted by Crippen LogP contribution is 2.65.